The third-order valence-electron chi connectivity index (χ3n) is 3.62. The van der Waals surface area contributed by atoms with E-state index in [4.69, 9.17) is 23.2 Å². The Morgan fingerprint density at radius 3 is 2.71 bits per heavy atom. The summed E-state index contributed by atoms with van der Waals surface area (Å²) in [6, 6.07) is 8.17. The summed E-state index contributed by atoms with van der Waals surface area (Å²) in [4.78, 5) is 0. The molecule has 0 bridgehead atoms. The Morgan fingerprint density at radius 1 is 1.41 bits per heavy atom. The first-order valence-electron chi connectivity index (χ1n) is 5.90. The maximum Gasteiger partial charge on any atom is 0.0693 e. The Labute approximate surface area is 112 Å². The molecule has 0 saturated heterocycles. The minimum atomic E-state index is -0.198. The van der Waals surface area contributed by atoms with Crippen LogP contribution in [0.25, 0.3) is 0 Å². The van der Waals surface area contributed by atoms with Crippen molar-refractivity contribution in [1.29, 1.82) is 5.26 Å². The second-order valence-electron chi connectivity index (χ2n) is 5.17. The van der Waals surface area contributed by atoms with Crippen molar-refractivity contribution in [1.82, 2.24) is 0 Å². The molecule has 17 heavy (non-hydrogen) atoms. The van der Waals surface area contributed by atoms with E-state index in [1.165, 1.54) is 0 Å². The normalized spacial score (nSPS) is 28.0. The Bertz CT molecular complexity index is 464. The van der Waals surface area contributed by atoms with Gasteiger partial charge in [-0.15, -0.1) is 0 Å². The van der Waals surface area contributed by atoms with Gasteiger partial charge in [-0.3, -0.25) is 0 Å². The van der Waals surface area contributed by atoms with Gasteiger partial charge in [0.15, 0.2) is 0 Å². The fourth-order valence-electron chi connectivity index (χ4n) is 2.74. The third-order valence-corrected chi connectivity index (χ3v) is 4.36. The molecule has 3 heteroatoms. The topological polar surface area (TPSA) is 23.8 Å². The van der Waals surface area contributed by atoms with E-state index in [1.807, 2.05) is 18.2 Å². The Morgan fingerprint density at radius 2 is 2.18 bits per heavy atom. The fraction of sp³-hybridized carbons (Fsp3) is 0.500. The Hall–Kier alpha value is -0.710. The lowest BCUT2D eigenvalue weighted by molar-refractivity contribution is 0.391. The summed E-state index contributed by atoms with van der Waals surface area (Å²) in [6.45, 7) is 2.22. The quantitative estimate of drug-likeness (QED) is 0.750. The van der Waals surface area contributed by atoms with Crippen LogP contribution in [0.4, 0.5) is 0 Å². The van der Waals surface area contributed by atoms with E-state index in [1.54, 1.807) is 0 Å². The lowest BCUT2D eigenvalue weighted by Gasteiger charge is -2.20. The van der Waals surface area contributed by atoms with Gasteiger partial charge in [-0.2, -0.15) is 5.26 Å². The smallest absolute Gasteiger partial charge is 0.0693 e. The lowest BCUT2D eigenvalue weighted by atomic mass is 9.81. The second kappa shape index (κ2) is 4.88. The number of hydrogen-bond acceptors (Lipinski definition) is 1. The SMILES string of the molecule is CC1CCC(C#N)(Cc2ccc(Cl)c(Cl)c2)C1. The molecule has 0 spiro atoms. The van der Waals surface area contributed by atoms with E-state index >= 15 is 0 Å². The first kappa shape index (κ1) is 12.7. The molecule has 2 atom stereocenters. The van der Waals surface area contributed by atoms with Crippen molar-refractivity contribution in [2.45, 2.75) is 32.6 Å². The molecule has 1 saturated carbocycles. The summed E-state index contributed by atoms with van der Waals surface area (Å²) in [5.74, 6) is 0.650. The highest BCUT2D eigenvalue weighted by Crippen LogP contribution is 2.43. The minimum Gasteiger partial charge on any atom is -0.198 e. The number of nitriles is 1. The van der Waals surface area contributed by atoms with Crippen LogP contribution >= 0.6 is 23.2 Å². The Kier molecular flexibility index (Phi) is 3.66. The van der Waals surface area contributed by atoms with Crippen LogP contribution in [0, 0.1) is 22.7 Å². The van der Waals surface area contributed by atoms with E-state index < -0.39 is 0 Å². The molecule has 1 aliphatic rings. The van der Waals surface area contributed by atoms with Crippen LogP contribution in [0.1, 0.15) is 31.7 Å². The monoisotopic (exact) mass is 267 g/mol. The highest BCUT2D eigenvalue weighted by Gasteiger charge is 2.37. The number of rotatable bonds is 2. The van der Waals surface area contributed by atoms with Crippen LogP contribution in [-0.4, -0.2) is 0 Å². The predicted octanol–water partition coefficient (Wildman–Crippen LogP) is 4.87. The van der Waals surface area contributed by atoms with Crippen molar-refractivity contribution in [2.75, 3.05) is 0 Å². The second-order valence-corrected chi connectivity index (χ2v) is 5.98. The maximum absolute atomic E-state index is 9.41. The van der Waals surface area contributed by atoms with Crippen LogP contribution in [0.3, 0.4) is 0 Å². The average Bonchev–Trinajstić information content (AvgIpc) is 2.66. The zero-order valence-electron chi connectivity index (χ0n) is 9.84. The van der Waals surface area contributed by atoms with E-state index in [2.05, 4.69) is 13.0 Å². The zero-order valence-corrected chi connectivity index (χ0v) is 11.4. The highest BCUT2D eigenvalue weighted by molar-refractivity contribution is 6.42. The molecule has 1 aliphatic carbocycles. The van der Waals surface area contributed by atoms with Gasteiger partial charge in [-0.1, -0.05) is 36.2 Å². The van der Waals surface area contributed by atoms with Gasteiger partial charge in [-0.25, -0.2) is 0 Å². The maximum atomic E-state index is 9.41. The molecule has 2 rings (SSSR count). The molecule has 0 radical (unpaired) electrons. The van der Waals surface area contributed by atoms with E-state index in [0.29, 0.717) is 16.0 Å². The van der Waals surface area contributed by atoms with Crippen LogP contribution in [0.15, 0.2) is 18.2 Å². The Balaban J connectivity index is 2.20. The molecule has 0 N–H and O–H groups in total. The highest BCUT2D eigenvalue weighted by atomic mass is 35.5. The van der Waals surface area contributed by atoms with Gasteiger partial charge in [0.25, 0.3) is 0 Å². The van der Waals surface area contributed by atoms with Crippen molar-refractivity contribution in [3.8, 4) is 6.07 Å². The van der Waals surface area contributed by atoms with Crippen molar-refractivity contribution in [2.24, 2.45) is 11.3 Å². The first-order valence-corrected chi connectivity index (χ1v) is 6.65. The van der Waals surface area contributed by atoms with Gasteiger partial charge in [-0.05, 0) is 49.3 Å². The predicted molar refractivity (Wildman–Crippen MR) is 71.2 cm³/mol. The van der Waals surface area contributed by atoms with E-state index in [0.717, 1.165) is 31.2 Å². The van der Waals surface area contributed by atoms with Crippen LogP contribution in [0.5, 0.6) is 0 Å². The van der Waals surface area contributed by atoms with Crippen molar-refractivity contribution in [3.05, 3.63) is 33.8 Å². The molecule has 1 nitrogen and oxygen atoms in total. The third kappa shape index (κ3) is 2.76. The number of benzene rings is 1. The number of hydrogen-bond donors (Lipinski definition) is 0. The van der Waals surface area contributed by atoms with Gasteiger partial charge >= 0.3 is 0 Å². The summed E-state index contributed by atoms with van der Waals surface area (Å²) in [5.41, 5.74) is 0.909. The summed E-state index contributed by atoms with van der Waals surface area (Å²) >= 11 is 11.9. The molecule has 1 aromatic carbocycles. The van der Waals surface area contributed by atoms with Crippen molar-refractivity contribution < 1.29 is 0 Å². The molecule has 0 heterocycles. The molecule has 0 aromatic heterocycles. The van der Waals surface area contributed by atoms with Crippen molar-refractivity contribution >= 4 is 23.2 Å². The minimum absolute atomic E-state index is 0.198. The molecule has 0 aliphatic heterocycles. The zero-order chi connectivity index (χ0) is 12.5. The van der Waals surface area contributed by atoms with Crippen LogP contribution in [0.2, 0.25) is 10.0 Å². The molecule has 1 aromatic rings. The largest absolute Gasteiger partial charge is 0.198 e. The summed E-state index contributed by atoms with van der Waals surface area (Å²) in [5, 5.41) is 10.6. The van der Waals surface area contributed by atoms with Gasteiger partial charge in [0.05, 0.1) is 21.5 Å². The summed E-state index contributed by atoms with van der Waals surface area (Å²) < 4.78 is 0. The van der Waals surface area contributed by atoms with E-state index in [9.17, 15) is 5.26 Å². The van der Waals surface area contributed by atoms with Gasteiger partial charge in [0.1, 0.15) is 0 Å². The molecule has 1 fully saturated rings. The van der Waals surface area contributed by atoms with E-state index in [-0.39, 0.29) is 5.41 Å². The van der Waals surface area contributed by atoms with Gasteiger partial charge < -0.3 is 0 Å². The molecular formula is C14H15Cl2N. The van der Waals surface area contributed by atoms with Gasteiger partial charge in [0, 0.05) is 0 Å². The number of halogens is 2. The summed E-state index contributed by atoms with van der Waals surface area (Å²) in [7, 11) is 0. The summed E-state index contributed by atoms with van der Waals surface area (Å²) in [6.07, 6.45) is 3.91. The molecular weight excluding hydrogens is 253 g/mol. The van der Waals surface area contributed by atoms with Crippen LogP contribution in [-0.2, 0) is 6.42 Å². The first-order chi connectivity index (χ1) is 8.04. The van der Waals surface area contributed by atoms with Crippen LogP contribution < -0.4 is 0 Å². The average molecular weight is 268 g/mol. The standard InChI is InChI=1S/C14H15Cl2N/c1-10-4-5-14(7-10,9-17)8-11-2-3-12(15)13(16)6-11/h2-3,6,10H,4-5,7-8H2,1H3. The van der Waals surface area contributed by atoms with Crippen molar-refractivity contribution in [3.63, 3.8) is 0 Å². The lowest BCUT2D eigenvalue weighted by Crippen LogP contribution is -2.17. The molecule has 0 amide bonds. The number of nitrogens with zero attached hydrogens (tertiary/aromatic N) is 1. The van der Waals surface area contributed by atoms with Gasteiger partial charge in [0.2, 0.25) is 0 Å². The molecule has 2 unspecified atom stereocenters. The fourth-order valence-corrected chi connectivity index (χ4v) is 3.06. The molecule has 90 valence electrons.